The topological polar surface area (TPSA) is 136 Å². The number of carbonyl (C=O) groups excluding carboxylic acids is 3. The third-order valence-corrected chi connectivity index (χ3v) is 6.75. The molecule has 184 valence electrons. The number of thiazole rings is 1. The second-order valence-corrected chi connectivity index (χ2v) is 9.05. The van der Waals surface area contributed by atoms with Gasteiger partial charge in [-0.2, -0.15) is 4.98 Å². The molecule has 2 aromatic heterocycles. The molecule has 35 heavy (non-hydrogen) atoms. The van der Waals surface area contributed by atoms with Crippen LogP contribution in [-0.2, 0) is 20.9 Å². The minimum absolute atomic E-state index is 0.00454. The highest BCUT2D eigenvalue weighted by molar-refractivity contribution is 7.22. The standard InChI is InChI=1S/C23H26N6O5S/c1-3-34-22(33)14-6-4-8-16(10-14)26-17(30)12-29-13-25-19-18(21(29)32)35-23(27-19)28-9-5-7-15(11-28)20(31)24-2/h4,6,8,10,13,15H,3,5,7,9,11-12H2,1-2H3,(H,24,31)(H,26,30). The van der Waals surface area contributed by atoms with Crippen LogP contribution in [-0.4, -0.2) is 59.1 Å². The summed E-state index contributed by atoms with van der Waals surface area (Å²) < 4.78 is 6.55. The Bertz CT molecular complexity index is 1320. The minimum Gasteiger partial charge on any atom is -0.462 e. The van der Waals surface area contributed by atoms with Crippen molar-refractivity contribution in [3.63, 3.8) is 0 Å². The number of carbonyl (C=O) groups is 3. The van der Waals surface area contributed by atoms with E-state index >= 15 is 0 Å². The zero-order valence-corrected chi connectivity index (χ0v) is 20.3. The molecule has 2 N–H and O–H groups in total. The Labute approximate surface area is 205 Å². The van der Waals surface area contributed by atoms with E-state index in [1.165, 1.54) is 28.3 Å². The minimum atomic E-state index is -0.481. The molecule has 12 heteroatoms. The summed E-state index contributed by atoms with van der Waals surface area (Å²) in [6, 6.07) is 6.39. The molecule has 1 aliphatic rings. The van der Waals surface area contributed by atoms with Crippen LogP contribution >= 0.6 is 11.3 Å². The Morgan fingerprint density at radius 2 is 2.11 bits per heavy atom. The number of nitrogens with one attached hydrogen (secondary N) is 2. The van der Waals surface area contributed by atoms with E-state index in [0.29, 0.717) is 33.3 Å². The highest BCUT2D eigenvalue weighted by Gasteiger charge is 2.27. The molecular formula is C23H26N6O5S. The van der Waals surface area contributed by atoms with E-state index in [2.05, 4.69) is 20.6 Å². The Hall–Kier alpha value is -3.80. The van der Waals surface area contributed by atoms with Gasteiger partial charge in [0.05, 0.1) is 18.1 Å². The predicted octanol–water partition coefficient (Wildman–Crippen LogP) is 1.63. The van der Waals surface area contributed by atoms with E-state index in [0.717, 1.165) is 19.4 Å². The SMILES string of the molecule is CCOC(=O)c1cccc(NC(=O)Cn2cnc3nc(N4CCCC(C(=O)NC)C4)sc3c2=O)c1. The molecule has 3 heterocycles. The molecule has 11 nitrogen and oxygen atoms in total. The van der Waals surface area contributed by atoms with Crippen LogP contribution in [0.2, 0.25) is 0 Å². The third-order valence-electron chi connectivity index (χ3n) is 5.65. The monoisotopic (exact) mass is 498 g/mol. The zero-order chi connectivity index (χ0) is 24.9. The number of aromatic nitrogens is 3. The maximum atomic E-state index is 13.0. The quantitative estimate of drug-likeness (QED) is 0.469. The van der Waals surface area contributed by atoms with Crippen LogP contribution in [0.1, 0.15) is 30.1 Å². The summed E-state index contributed by atoms with van der Waals surface area (Å²) in [7, 11) is 1.62. The summed E-state index contributed by atoms with van der Waals surface area (Å²) in [6.07, 6.45) is 2.96. The van der Waals surface area contributed by atoms with Gasteiger partial charge in [-0.3, -0.25) is 19.0 Å². The van der Waals surface area contributed by atoms with Gasteiger partial charge >= 0.3 is 5.97 Å². The Kier molecular flexibility index (Phi) is 7.39. The van der Waals surface area contributed by atoms with Crippen molar-refractivity contribution in [1.29, 1.82) is 0 Å². The van der Waals surface area contributed by atoms with Gasteiger partial charge in [-0.1, -0.05) is 17.4 Å². The lowest BCUT2D eigenvalue weighted by Gasteiger charge is -2.31. The molecule has 1 unspecified atom stereocenters. The lowest BCUT2D eigenvalue weighted by molar-refractivity contribution is -0.124. The molecular weight excluding hydrogens is 472 g/mol. The number of piperidine rings is 1. The van der Waals surface area contributed by atoms with Crippen LogP contribution in [0.25, 0.3) is 10.3 Å². The maximum Gasteiger partial charge on any atom is 0.338 e. The first-order valence-electron chi connectivity index (χ1n) is 11.3. The third kappa shape index (κ3) is 5.48. The fourth-order valence-electron chi connectivity index (χ4n) is 3.95. The fourth-order valence-corrected chi connectivity index (χ4v) is 4.95. The number of ether oxygens (including phenoxy) is 1. The van der Waals surface area contributed by atoms with Crippen LogP contribution in [0.15, 0.2) is 35.4 Å². The summed E-state index contributed by atoms with van der Waals surface area (Å²) in [5.41, 5.74) is 0.682. The van der Waals surface area contributed by atoms with E-state index in [9.17, 15) is 19.2 Å². The van der Waals surface area contributed by atoms with Crippen LogP contribution in [0.3, 0.4) is 0 Å². The molecule has 3 aromatic rings. The van der Waals surface area contributed by atoms with E-state index < -0.39 is 11.9 Å². The lowest BCUT2D eigenvalue weighted by atomic mass is 9.98. The van der Waals surface area contributed by atoms with E-state index in [1.54, 1.807) is 32.2 Å². The van der Waals surface area contributed by atoms with Gasteiger partial charge in [-0.25, -0.2) is 9.78 Å². The van der Waals surface area contributed by atoms with Crippen molar-refractivity contribution < 1.29 is 19.1 Å². The number of rotatable bonds is 7. The van der Waals surface area contributed by atoms with E-state index in [-0.39, 0.29) is 30.5 Å². The molecule has 1 aliphatic heterocycles. The fraction of sp³-hybridized carbons (Fsp3) is 0.391. The number of amides is 2. The second-order valence-electron chi connectivity index (χ2n) is 8.08. The van der Waals surface area contributed by atoms with Crippen molar-refractivity contribution in [1.82, 2.24) is 19.9 Å². The molecule has 1 aromatic carbocycles. The number of fused-ring (bicyclic) bond motifs is 1. The first-order chi connectivity index (χ1) is 16.9. The van der Waals surface area contributed by atoms with Gasteiger partial charge in [0, 0.05) is 25.8 Å². The largest absolute Gasteiger partial charge is 0.462 e. The Balaban J connectivity index is 1.48. The maximum absolute atomic E-state index is 13.0. The number of benzene rings is 1. The number of anilines is 2. The number of nitrogens with zero attached hydrogens (tertiary/aromatic N) is 4. The van der Waals surface area contributed by atoms with Crippen molar-refractivity contribution in [2.24, 2.45) is 5.92 Å². The molecule has 0 bridgehead atoms. The highest BCUT2D eigenvalue weighted by atomic mass is 32.1. The van der Waals surface area contributed by atoms with Gasteiger partial charge in [0.2, 0.25) is 11.8 Å². The Morgan fingerprint density at radius 3 is 2.89 bits per heavy atom. The van der Waals surface area contributed by atoms with Gasteiger partial charge in [-0.05, 0) is 38.0 Å². The summed E-state index contributed by atoms with van der Waals surface area (Å²) in [5.74, 6) is -1.05. The van der Waals surface area contributed by atoms with E-state index in [1.807, 2.05) is 4.90 Å². The number of esters is 1. The Morgan fingerprint density at radius 1 is 1.29 bits per heavy atom. The van der Waals surface area contributed by atoms with Gasteiger partial charge in [-0.15, -0.1) is 0 Å². The van der Waals surface area contributed by atoms with Crippen molar-refractivity contribution in [3.05, 3.63) is 46.5 Å². The molecule has 1 saturated heterocycles. The van der Waals surface area contributed by atoms with Gasteiger partial charge in [0.15, 0.2) is 10.8 Å². The van der Waals surface area contributed by atoms with Crippen molar-refractivity contribution in [2.45, 2.75) is 26.3 Å². The van der Waals surface area contributed by atoms with E-state index in [4.69, 9.17) is 4.74 Å². The second kappa shape index (κ2) is 10.6. The molecule has 4 rings (SSSR count). The average Bonchev–Trinajstić information content (AvgIpc) is 3.31. The molecule has 2 amide bonds. The average molecular weight is 499 g/mol. The number of hydrogen-bond acceptors (Lipinski definition) is 9. The normalized spacial score (nSPS) is 15.6. The van der Waals surface area contributed by atoms with Gasteiger partial charge < -0.3 is 20.3 Å². The van der Waals surface area contributed by atoms with Crippen LogP contribution < -0.4 is 21.1 Å². The molecule has 0 aliphatic carbocycles. The zero-order valence-electron chi connectivity index (χ0n) is 19.4. The van der Waals surface area contributed by atoms with Crippen LogP contribution in [0, 0.1) is 5.92 Å². The van der Waals surface area contributed by atoms with Crippen molar-refractivity contribution in [3.8, 4) is 0 Å². The number of hydrogen-bond donors (Lipinski definition) is 2. The van der Waals surface area contributed by atoms with Gasteiger partial charge in [0.1, 0.15) is 17.6 Å². The lowest BCUT2D eigenvalue weighted by Crippen LogP contribution is -2.42. The first kappa shape index (κ1) is 24.3. The highest BCUT2D eigenvalue weighted by Crippen LogP contribution is 2.29. The molecule has 0 radical (unpaired) electrons. The molecule has 0 saturated carbocycles. The summed E-state index contributed by atoms with van der Waals surface area (Å²) in [5, 5.41) is 6.01. The summed E-state index contributed by atoms with van der Waals surface area (Å²) in [4.78, 5) is 60.3. The molecule has 0 spiro atoms. The molecule has 1 atom stereocenters. The smallest absolute Gasteiger partial charge is 0.338 e. The molecule has 1 fully saturated rings. The van der Waals surface area contributed by atoms with Crippen LogP contribution in [0.4, 0.5) is 10.8 Å². The van der Waals surface area contributed by atoms with Crippen molar-refractivity contribution in [2.75, 3.05) is 37.0 Å². The van der Waals surface area contributed by atoms with Gasteiger partial charge in [0.25, 0.3) is 5.56 Å². The predicted molar refractivity (Wildman–Crippen MR) is 132 cm³/mol. The summed E-state index contributed by atoms with van der Waals surface area (Å²) in [6.45, 7) is 2.99. The summed E-state index contributed by atoms with van der Waals surface area (Å²) >= 11 is 1.21. The first-order valence-corrected chi connectivity index (χ1v) is 12.1. The van der Waals surface area contributed by atoms with Crippen molar-refractivity contribution >= 4 is 50.3 Å². The van der Waals surface area contributed by atoms with Crippen LogP contribution in [0.5, 0.6) is 0 Å².